The topological polar surface area (TPSA) is 84.7 Å². The Morgan fingerprint density at radius 3 is 2.67 bits per heavy atom. The van der Waals surface area contributed by atoms with E-state index in [1.54, 1.807) is 45.2 Å². The normalized spacial score (nSPS) is 10.3. The van der Waals surface area contributed by atoms with Gasteiger partial charge in [-0.3, -0.25) is 9.59 Å². The summed E-state index contributed by atoms with van der Waals surface area (Å²) in [6.45, 7) is 5.53. The molecule has 0 fully saturated rings. The van der Waals surface area contributed by atoms with Crippen LogP contribution >= 0.6 is 0 Å². The molecule has 0 unspecified atom stereocenters. The Kier molecular flexibility index (Phi) is 5.57. The second kappa shape index (κ2) is 7.63. The van der Waals surface area contributed by atoms with E-state index < -0.39 is 0 Å². The highest BCUT2D eigenvalue weighted by Gasteiger charge is 2.24. The van der Waals surface area contributed by atoms with Gasteiger partial charge in [0.2, 0.25) is 5.91 Å². The van der Waals surface area contributed by atoms with Crippen molar-refractivity contribution in [2.75, 3.05) is 25.5 Å². The number of hydrogen-bond acceptors (Lipinski definition) is 5. The van der Waals surface area contributed by atoms with Gasteiger partial charge in [0.1, 0.15) is 23.6 Å². The zero-order valence-electron chi connectivity index (χ0n) is 14.3. The van der Waals surface area contributed by atoms with Crippen molar-refractivity contribution in [3.8, 4) is 5.75 Å². The van der Waals surface area contributed by atoms with Crippen molar-refractivity contribution in [1.29, 1.82) is 0 Å². The van der Waals surface area contributed by atoms with Crippen LogP contribution in [0.3, 0.4) is 0 Å². The minimum Gasteiger partial charge on any atom is -0.497 e. The molecule has 128 valence electrons. The molecule has 0 saturated heterocycles. The van der Waals surface area contributed by atoms with Gasteiger partial charge in [0, 0.05) is 18.3 Å². The lowest BCUT2D eigenvalue weighted by atomic mass is 10.1. The van der Waals surface area contributed by atoms with Gasteiger partial charge in [-0.25, -0.2) is 0 Å². The molecule has 2 amide bonds. The van der Waals surface area contributed by atoms with Crippen LogP contribution in [0, 0.1) is 13.8 Å². The third-order valence-corrected chi connectivity index (χ3v) is 3.60. The number of amides is 2. The fourth-order valence-electron chi connectivity index (χ4n) is 2.35. The first-order chi connectivity index (χ1) is 11.5. The van der Waals surface area contributed by atoms with Gasteiger partial charge in [0.15, 0.2) is 0 Å². The molecule has 7 nitrogen and oxygen atoms in total. The zero-order valence-corrected chi connectivity index (χ0v) is 14.3. The van der Waals surface area contributed by atoms with E-state index in [4.69, 9.17) is 9.26 Å². The summed E-state index contributed by atoms with van der Waals surface area (Å²) in [6.07, 6.45) is 0. The number of nitrogens with zero attached hydrogens (tertiary/aromatic N) is 2. The van der Waals surface area contributed by atoms with Crippen LogP contribution in [-0.4, -0.2) is 42.1 Å². The average Bonchev–Trinajstić information content (AvgIpc) is 2.90. The number of aromatic nitrogens is 1. The predicted octanol–water partition coefficient (Wildman–Crippen LogP) is 2.40. The summed E-state index contributed by atoms with van der Waals surface area (Å²) >= 11 is 0. The Morgan fingerprint density at radius 1 is 1.33 bits per heavy atom. The Bertz CT molecular complexity index is 720. The summed E-state index contributed by atoms with van der Waals surface area (Å²) in [5.74, 6) is 0.538. The van der Waals surface area contributed by atoms with Crippen molar-refractivity contribution in [3.05, 3.63) is 41.3 Å². The van der Waals surface area contributed by atoms with Gasteiger partial charge < -0.3 is 19.5 Å². The predicted molar refractivity (Wildman–Crippen MR) is 89.2 cm³/mol. The second-order valence-corrected chi connectivity index (χ2v) is 5.30. The van der Waals surface area contributed by atoms with Crippen LogP contribution in [0.15, 0.2) is 28.8 Å². The highest BCUT2D eigenvalue weighted by molar-refractivity contribution is 6.00. The van der Waals surface area contributed by atoms with E-state index in [0.29, 0.717) is 35.0 Å². The van der Waals surface area contributed by atoms with Crippen LogP contribution in [0.5, 0.6) is 5.75 Å². The molecule has 0 aliphatic rings. The summed E-state index contributed by atoms with van der Waals surface area (Å²) in [5, 5.41) is 6.54. The van der Waals surface area contributed by atoms with Crippen LogP contribution in [0.1, 0.15) is 28.7 Å². The van der Waals surface area contributed by atoms with Gasteiger partial charge in [-0.15, -0.1) is 0 Å². The lowest BCUT2D eigenvalue weighted by Gasteiger charge is -2.20. The summed E-state index contributed by atoms with van der Waals surface area (Å²) in [5.41, 5.74) is 1.54. The molecule has 0 aliphatic heterocycles. The molecule has 2 rings (SSSR count). The molecular weight excluding hydrogens is 310 g/mol. The highest BCUT2D eigenvalue weighted by Crippen LogP contribution is 2.17. The first kappa shape index (κ1) is 17.5. The van der Waals surface area contributed by atoms with E-state index in [1.807, 2.05) is 6.92 Å². The number of rotatable bonds is 6. The number of likely N-dealkylation sites (N-methyl/N-ethyl adjacent to an activating group) is 1. The molecule has 1 aromatic heterocycles. The monoisotopic (exact) mass is 331 g/mol. The van der Waals surface area contributed by atoms with Crippen LogP contribution in [0.4, 0.5) is 5.69 Å². The van der Waals surface area contributed by atoms with E-state index in [-0.39, 0.29) is 18.4 Å². The van der Waals surface area contributed by atoms with Gasteiger partial charge in [-0.2, -0.15) is 0 Å². The molecule has 0 saturated carbocycles. The van der Waals surface area contributed by atoms with E-state index in [9.17, 15) is 9.59 Å². The Morgan fingerprint density at radius 2 is 2.08 bits per heavy atom. The second-order valence-electron chi connectivity index (χ2n) is 5.30. The largest absolute Gasteiger partial charge is 0.497 e. The maximum atomic E-state index is 12.6. The van der Waals surface area contributed by atoms with Gasteiger partial charge in [0.25, 0.3) is 5.91 Å². The maximum absolute atomic E-state index is 12.6. The van der Waals surface area contributed by atoms with Crippen molar-refractivity contribution in [3.63, 3.8) is 0 Å². The van der Waals surface area contributed by atoms with Crippen molar-refractivity contribution in [1.82, 2.24) is 10.1 Å². The van der Waals surface area contributed by atoms with Crippen LogP contribution < -0.4 is 10.1 Å². The standard InChI is InChI=1S/C17H21N3O4/c1-5-20(17(22)16-11(2)19-24-12(16)3)10-15(21)18-13-7-6-8-14(9-13)23-4/h6-9H,5,10H2,1-4H3,(H,18,21). The fourth-order valence-corrected chi connectivity index (χ4v) is 2.35. The number of benzene rings is 1. The number of hydrogen-bond donors (Lipinski definition) is 1. The van der Waals surface area contributed by atoms with Crippen LogP contribution in [0.2, 0.25) is 0 Å². The van der Waals surface area contributed by atoms with E-state index in [0.717, 1.165) is 0 Å². The number of anilines is 1. The SMILES string of the molecule is CCN(CC(=O)Nc1cccc(OC)c1)C(=O)c1c(C)noc1C. The lowest BCUT2D eigenvalue weighted by Crippen LogP contribution is -2.38. The molecular formula is C17H21N3O4. The van der Waals surface area contributed by atoms with Gasteiger partial charge in [0.05, 0.1) is 12.8 Å². The Labute approximate surface area is 140 Å². The van der Waals surface area contributed by atoms with Gasteiger partial charge >= 0.3 is 0 Å². The molecule has 2 aromatic rings. The molecule has 1 aromatic carbocycles. The lowest BCUT2D eigenvalue weighted by molar-refractivity contribution is -0.116. The smallest absolute Gasteiger partial charge is 0.259 e. The minimum atomic E-state index is -0.287. The molecule has 0 aliphatic carbocycles. The zero-order chi connectivity index (χ0) is 17.7. The van der Waals surface area contributed by atoms with Crippen LogP contribution in [-0.2, 0) is 4.79 Å². The van der Waals surface area contributed by atoms with Crippen molar-refractivity contribution in [2.45, 2.75) is 20.8 Å². The van der Waals surface area contributed by atoms with Gasteiger partial charge in [-0.05, 0) is 32.9 Å². The number of ether oxygens (including phenoxy) is 1. The molecule has 1 N–H and O–H groups in total. The maximum Gasteiger partial charge on any atom is 0.259 e. The summed E-state index contributed by atoms with van der Waals surface area (Å²) in [6, 6.07) is 7.03. The number of nitrogens with one attached hydrogen (secondary N) is 1. The van der Waals surface area contributed by atoms with E-state index in [2.05, 4.69) is 10.5 Å². The van der Waals surface area contributed by atoms with E-state index >= 15 is 0 Å². The average molecular weight is 331 g/mol. The highest BCUT2D eigenvalue weighted by atomic mass is 16.5. The van der Waals surface area contributed by atoms with Crippen molar-refractivity contribution in [2.24, 2.45) is 0 Å². The Hall–Kier alpha value is -2.83. The molecule has 7 heteroatoms. The molecule has 0 atom stereocenters. The quantitative estimate of drug-likeness (QED) is 0.878. The molecule has 24 heavy (non-hydrogen) atoms. The van der Waals surface area contributed by atoms with Gasteiger partial charge in [-0.1, -0.05) is 11.2 Å². The number of carbonyl (C=O) groups is 2. The van der Waals surface area contributed by atoms with Crippen LogP contribution in [0.25, 0.3) is 0 Å². The first-order valence-corrected chi connectivity index (χ1v) is 7.62. The molecule has 0 radical (unpaired) electrons. The number of carbonyl (C=O) groups excluding carboxylic acids is 2. The third-order valence-electron chi connectivity index (χ3n) is 3.60. The van der Waals surface area contributed by atoms with Crippen molar-refractivity contribution < 1.29 is 18.8 Å². The molecule has 0 spiro atoms. The molecule has 1 heterocycles. The third kappa shape index (κ3) is 3.92. The first-order valence-electron chi connectivity index (χ1n) is 7.62. The number of aryl methyl sites for hydroxylation is 2. The Balaban J connectivity index is 2.06. The molecule has 0 bridgehead atoms. The minimum absolute atomic E-state index is 0.0589. The van der Waals surface area contributed by atoms with E-state index in [1.165, 1.54) is 4.90 Å². The number of methoxy groups -OCH3 is 1. The fraction of sp³-hybridized carbons (Fsp3) is 0.353. The summed E-state index contributed by atoms with van der Waals surface area (Å²) < 4.78 is 10.1. The summed E-state index contributed by atoms with van der Waals surface area (Å²) in [7, 11) is 1.56. The van der Waals surface area contributed by atoms with Crippen molar-refractivity contribution >= 4 is 17.5 Å². The summed E-state index contributed by atoms with van der Waals surface area (Å²) in [4.78, 5) is 26.3.